The van der Waals surface area contributed by atoms with Gasteiger partial charge in [-0.1, -0.05) is 12.1 Å². The highest BCUT2D eigenvalue weighted by Crippen LogP contribution is 2.30. The summed E-state index contributed by atoms with van der Waals surface area (Å²) in [6.07, 6.45) is -2.95. The molecule has 0 aliphatic carbocycles. The molecule has 1 aromatic heterocycles. The summed E-state index contributed by atoms with van der Waals surface area (Å²) in [6, 6.07) is 4.80. The van der Waals surface area contributed by atoms with Gasteiger partial charge in [0.1, 0.15) is 0 Å². The Hall–Kier alpha value is -2.75. The first-order valence-corrected chi connectivity index (χ1v) is 8.79. The highest BCUT2D eigenvalue weighted by atomic mass is 19.4. The van der Waals surface area contributed by atoms with Crippen LogP contribution in [0.5, 0.6) is 0 Å². The van der Waals surface area contributed by atoms with Gasteiger partial charge in [-0.3, -0.25) is 9.69 Å². The van der Waals surface area contributed by atoms with Gasteiger partial charge in [-0.05, 0) is 12.1 Å². The molecule has 1 aliphatic rings. The molecule has 150 valence electrons. The van der Waals surface area contributed by atoms with Gasteiger partial charge in [0.15, 0.2) is 0 Å². The lowest BCUT2D eigenvalue weighted by Crippen LogP contribution is -2.49. The fourth-order valence-electron chi connectivity index (χ4n) is 2.84. The Bertz CT molecular complexity index is 817. The smallest absolute Gasteiger partial charge is 0.348 e. The second-order valence-electron chi connectivity index (χ2n) is 6.77. The van der Waals surface area contributed by atoms with E-state index in [1.807, 2.05) is 4.90 Å². The van der Waals surface area contributed by atoms with Crippen molar-refractivity contribution in [3.05, 3.63) is 36.0 Å². The second kappa shape index (κ2) is 8.09. The summed E-state index contributed by atoms with van der Waals surface area (Å²) >= 11 is 0. The molecule has 2 aromatic rings. The predicted octanol–water partition coefficient (Wildman–Crippen LogP) is 1.77. The number of amides is 1. The van der Waals surface area contributed by atoms with Crippen LogP contribution in [0.15, 0.2) is 30.5 Å². The third kappa shape index (κ3) is 4.75. The molecule has 1 fully saturated rings. The van der Waals surface area contributed by atoms with Crippen LogP contribution in [0.1, 0.15) is 5.56 Å². The van der Waals surface area contributed by atoms with Crippen molar-refractivity contribution < 1.29 is 18.0 Å². The molecule has 0 atom stereocenters. The van der Waals surface area contributed by atoms with Gasteiger partial charge in [0.05, 0.1) is 24.0 Å². The summed E-state index contributed by atoms with van der Waals surface area (Å²) < 4.78 is 38.1. The topological polar surface area (TPSA) is 65.5 Å². The number of benzene rings is 1. The molecule has 0 unspecified atom stereocenters. The van der Waals surface area contributed by atoms with E-state index in [-0.39, 0.29) is 5.91 Å². The van der Waals surface area contributed by atoms with Gasteiger partial charge in [-0.25, -0.2) is 4.98 Å². The van der Waals surface area contributed by atoms with Crippen molar-refractivity contribution >= 4 is 11.9 Å². The lowest BCUT2D eigenvalue weighted by molar-refractivity contribution is -0.137. The molecule has 2 heterocycles. The fraction of sp³-hybridized carbons (Fsp3) is 0.444. The summed E-state index contributed by atoms with van der Waals surface area (Å²) in [4.78, 5) is 21.8. The van der Waals surface area contributed by atoms with Gasteiger partial charge in [0, 0.05) is 45.8 Å². The molecule has 3 rings (SSSR count). The van der Waals surface area contributed by atoms with Crippen LogP contribution < -0.4 is 4.90 Å². The van der Waals surface area contributed by atoms with E-state index in [1.165, 1.54) is 18.3 Å². The minimum atomic E-state index is -4.37. The number of halogens is 3. The molecule has 0 radical (unpaired) electrons. The van der Waals surface area contributed by atoms with Crippen molar-refractivity contribution in [2.75, 3.05) is 51.7 Å². The largest absolute Gasteiger partial charge is 0.416 e. The molecule has 28 heavy (non-hydrogen) atoms. The van der Waals surface area contributed by atoms with Crippen LogP contribution in [0, 0.1) is 0 Å². The maximum Gasteiger partial charge on any atom is 0.416 e. The predicted molar refractivity (Wildman–Crippen MR) is 97.6 cm³/mol. The molecular weight excluding hydrogens is 373 g/mol. The first-order chi connectivity index (χ1) is 13.2. The third-order valence-electron chi connectivity index (χ3n) is 4.57. The van der Waals surface area contributed by atoms with Crippen molar-refractivity contribution in [1.82, 2.24) is 25.0 Å². The summed E-state index contributed by atoms with van der Waals surface area (Å²) in [7, 11) is 3.45. The van der Waals surface area contributed by atoms with Crippen LogP contribution in [0.25, 0.3) is 11.3 Å². The van der Waals surface area contributed by atoms with Crippen LogP contribution in [0.2, 0.25) is 0 Å². The zero-order chi connectivity index (χ0) is 20.3. The van der Waals surface area contributed by atoms with E-state index in [1.54, 1.807) is 19.0 Å². The second-order valence-corrected chi connectivity index (χ2v) is 6.77. The quantitative estimate of drug-likeness (QED) is 0.788. The van der Waals surface area contributed by atoms with E-state index in [2.05, 4.69) is 20.1 Å². The Kier molecular flexibility index (Phi) is 5.78. The maximum atomic E-state index is 12.7. The van der Waals surface area contributed by atoms with Crippen LogP contribution in [-0.4, -0.2) is 77.7 Å². The average Bonchev–Trinajstić information content (AvgIpc) is 2.68. The Balaban J connectivity index is 1.67. The van der Waals surface area contributed by atoms with Crippen LogP contribution in [0.4, 0.5) is 19.1 Å². The molecule has 0 saturated carbocycles. The number of likely N-dealkylation sites (N-methyl/N-ethyl adjacent to an activating group) is 1. The standard InChI is InChI=1S/C18H21F3N6O/c1-25(2)16(28)12-26-7-9-27(10-8-26)17-23-15(11-22-24-17)13-3-5-14(6-4-13)18(19,20)21/h3-6,11H,7-10,12H2,1-2H3. The molecule has 1 saturated heterocycles. The van der Waals surface area contributed by atoms with Crippen molar-refractivity contribution in [3.8, 4) is 11.3 Å². The first-order valence-electron chi connectivity index (χ1n) is 8.79. The lowest BCUT2D eigenvalue weighted by Gasteiger charge is -2.34. The summed E-state index contributed by atoms with van der Waals surface area (Å²) in [5, 5.41) is 8.00. The SMILES string of the molecule is CN(C)C(=O)CN1CCN(c2nncc(-c3ccc(C(F)(F)F)cc3)n2)CC1. The molecule has 0 bridgehead atoms. The number of carbonyl (C=O) groups is 1. The zero-order valence-electron chi connectivity index (χ0n) is 15.6. The van der Waals surface area contributed by atoms with Crippen molar-refractivity contribution in [2.24, 2.45) is 0 Å². The van der Waals surface area contributed by atoms with E-state index in [9.17, 15) is 18.0 Å². The van der Waals surface area contributed by atoms with E-state index < -0.39 is 11.7 Å². The number of hydrogen-bond acceptors (Lipinski definition) is 6. The summed E-state index contributed by atoms with van der Waals surface area (Å²) in [5.41, 5.74) is 0.296. The Morgan fingerprint density at radius 1 is 1.11 bits per heavy atom. The average molecular weight is 394 g/mol. The van der Waals surface area contributed by atoms with E-state index in [0.29, 0.717) is 49.9 Å². The highest BCUT2D eigenvalue weighted by molar-refractivity contribution is 5.77. The molecule has 10 heteroatoms. The maximum absolute atomic E-state index is 12.7. The Labute approximate surface area is 160 Å². The summed E-state index contributed by atoms with van der Waals surface area (Å²) in [6.45, 7) is 3.02. The molecule has 7 nitrogen and oxygen atoms in total. The van der Waals surface area contributed by atoms with E-state index in [0.717, 1.165) is 12.1 Å². The molecule has 1 amide bonds. The molecule has 1 aliphatic heterocycles. The van der Waals surface area contributed by atoms with Gasteiger partial charge in [0.2, 0.25) is 11.9 Å². The normalized spacial score (nSPS) is 15.5. The Morgan fingerprint density at radius 3 is 2.32 bits per heavy atom. The fourth-order valence-corrected chi connectivity index (χ4v) is 2.84. The number of nitrogens with zero attached hydrogens (tertiary/aromatic N) is 6. The summed E-state index contributed by atoms with van der Waals surface area (Å²) in [5.74, 6) is 0.478. The zero-order valence-corrected chi connectivity index (χ0v) is 15.6. The van der Waals surface area contributed by atoms with Gasteiger partial charge in [-0.2, -0.15) is 18.3 Å². The van der Waals surface area contributed by atoms with Gasteiger partial charge >= 0.3 is 6.18 Å². The molecule has 0 N–H and O–H groups in total. The van der Waals surface area contributed by atoms with Gasteiger partial charge in [-0.15, -0.1) is 5.10 Å². The Morgan fingerprint density at radius 2 is 1.75 bits per heavy atom. The number of carbonyl (C=O) groups excluding carboxylic acids is 1. The highest BCUT2D eigenvalue weighted by Gasteiger charge is 2.30. The van der Waals surface area contributed by atoms with Crippen LogP contribution in [0.3, 0.4) is 0 Å². The number of hydrogen-bond donors (Lipinski definition) is 0. The molecule has 1 aromatic carbocycles. The number of rotatable bonds is 4. The monoisotopic (exact) mass is 394 g/mol. The number of aromatic nitrogens is 3. The number of anilines is 1. The molecule has 0 spiro atoms. The minimum absolute atomic E-state index is 0.0515. The van der Waals surface area contributed by atoms with Crippen molar-refractivity contribution in [2.45, 2.75) is 6.18 Å². The van der Waals surface area contributed by atoms with E-state index in [4.69, 9.17) is 0 Å². The number of alkyl halides is 3. The minimum Gasteiger partial charge on any atom is -0.348 e. The van der Waals surface area contributed by atoms with Crippen molar-refractivity contribution in [1.29, 1.82) is 0 Å². The van der Waals surface area contributed by atoms with Gasteiger partial charge in [0.25, 0.3) is 0 Å². The van der Waals surface area contributed by atoms with Crippen molar-refractivity contribution in [3.63, 3.8) is 0 Å². The van der Waals surface area contributed by atoms with Gasteiger partial charge < -0.3 is 9.80 Å². The van der Waals surface area contributed by atoms with Crippen LogP contribution >= 0.6 is 0 Å². The first kappa shape index (κ1) is 20.0. The third-order valence-corrected chi connectivity index (χ3v) is 4.57. The van der Waals surface area contributed by atoms with Crippen LogP contribution in [-0.2, 0) is 11.0 Å². The lowest BCUT2D eigenvalue weighted by atomic mass is 10.1. The number of piperazine rings is 1. The van der Waals surface area contributed by atoms with E-state index >= 15 is 0 Å². The molecular formula is C18H21F3N6O.